The van der Waals surface area contributed by atoms with Gasteiger partial charge in [0.2, 0.25) is 0 Å². The van der Waals surface area contributed by atoms with E-state index in [1.54, 1.807) is 11.6 Å². The number of pyridine rings is 1. The number of nitrogens with zero attached hydrogens (tertiary/aromatic N) is 3. The SMILES string of the molecule is CCOC(=O)c1c(Br)c(-c2cccc(C)n2)nn1COCC[Si](C)(C)C. The molecule has 0 aliphatic rings. The Kier molecular flexibility index (Phi) is 7.13. The number of halogens is 1. The second-order valence-corrected chi connectivity index (χ2v) is 13.7. The van der Waals surface area contributed by atoms with Crippen molar-refractivity contribution in [2.45, 2.75) is 46.3 Å². The molecule has 2 rings (SSSR count). The second-order valence-electron chi connectivity index (χ2n) is 7.24. The number of aryl methyl sites for hydroxylation is 1. The smallest absolute Gasteiger partial charge is 0.357 e. The van der Waals surface area contributed by atoms with Gasteiger partial charge in [-0.05, 0) is 48.0 Å². The Morgan fingerprint density at radius 2 is 2.04 bits per heavy atom. The van der Waals surface area contributed by atoms with Crippen LogP contribution in [0.15, 0.2) is 22.7 Å². The molecule has 0 saturated carbocycles. The van der Waals surface area contributed by atoms with E-state index in [-0.39, 0.29) is 6.73 Å². The molecule has 0 saturated heterocycles. The van der Waals surface area contributed by atoms with Crippen LogP contribution < -0.4 is 0 Å². The standard InChI is InChI=1S/C18H26BrN3O3Si/c1-6-25-18(23)17-15(19)16(14-9-7-8-13(2)20-14)21-22(17)12-24-10-11-26(3,4)5/h7-9H,6,10-12H2,1-5H3. The number of ether oxygens (including phenoxy) is 2. The first-order valence-corrected chi connectivity index (χ1v) is 13.2. The van der Waals surface area contributed by atoms with Crippen molar-refractivity contribution in [2.24, 2.45) is 0 Å². The van der Waals surface area contributed by atoms with Crippen LogP contribution in [0.3, 0.4) is 0 Å². The predicted molar refractivity (Wildman–Crippen MR) is 108 cm³/mol. The van der Waals surface area contributed by atoms with E-state index in [2.05, 4.69) is 45.7 Å². The number of aromatic nitrogens is 3. The van der Waals surface area contributed by atoms with Crippen LogP contribution in [0.5, 0.6) is 0 Å². The lowest BCUT2D eigenvalue weighted by molar-refractivity contribution is 0.0454. The van der Waals surface area contributed by atoms with E-state index < -0.39 is 14.0 Å². The van der Waals surface area contributed by atoms with Crippen molar-refractivity contribution in [2.75, 3.05) is 13.2 Å². The molecule has 0 N–H and O–H groups in total. The minimum absolute atomic E-state index is 0.197. The summed E-state index contributed by atoms with van der Waals surface area (Å²) in [5.74, 6) is -0.431. The summed E-state index contributed by atoms with van der Waals surface area (Å²) < 4.78 is 13.1. The molecule has 26 heavy (non-hydrogen) atoms. The predicted octanol–water partition coefficient (Wildman–Crippen LogP) is 4.51. The molecule has 0 aromatic carbocycles. The summed E-state index contributed by atoms with van der Waals surface area (Å²) in [6, 6.07) is 6.75. The molecule has 0 unspecified atom stereocenters. The van der Waals surface area contributed by atoms with Crippen molar-refractivity contribution in [3.8, 4) is 11.4 Å². The molecule has 0 aliphatic heterocycles. The van der Waals surface area contributed by atoms with E-state index in [0.717, 1.165) is 11.7 Å². The van der Waals surface area contributed by atoms with Gasteiger partial charge in [0, 0.05) is 20.4 Å². The third kappa shape index (κ3) is 5.49. The fourth-order valence-electron chi connectivity index (χ4n) is 2.30. The van der Waals surface area contributed by atoms with Crippen LogP contribution in [0.2, 0.25) is 25.7 Å². The molecule has 0 aliphatic carbocycles. The van der Waals surface area contributed by atoms with Crippen molar-refractivity contribution in [1.29, 1.82) is 0 Å². The van der Waals surface area contributed by atoms with Crippen LogP contribution in [-0.2, 0) is 16.2 Å². The lowest BCUT2D eigenvalue weighted by Gasteiger charge is -2.15. The highest BCUT2D eigenvalue weighted by Gasteiger charge is 2.25. The van der Waals surface area contributed by atoms with E-state index in [1.165, 1.54) is 0 Å². The molecular formula is C18H26BrN3O3Si. The Labute approximate surface area is 164 Å². The Bertz CT molecular complexity index is 772. The van der Waals surface area contributed by atoms with Gasteiger partial charge in [0.05, 0.1) is 16.8 Å². The molecule has 2 aromatic heterocycles. The van der Waals surface area contributed by atoms with Gasteiger partial charge in [-0.1, -0.05) is 25.7 Å². The summed E-state index contributed by atoms with van der Waals surface area (Å²) in [4.78, 5) is 16.9. The minimum Gasteiger partial charge on any atom is -0.461 e. The highest BCUT2D eigenvalue weighted by Crippen LogP contribution is 2.30. The Balaban J connectivity index is 2.30. The minimum atomic E-state index is -1.17. The second kappa shape index (κ2) is 8.92. The first kappa shape index (κ1) is 20.8. The van der Waals surface area contributed by atoms with Crippen LogP contribution in [0, 0.1) is 6.92 Å². The number of hydrogen-bond donors (Lipinski definition) is 0. The zero-order valence-electron chi connectivity index (χ0n) is 16.0. The third-order valence-electron chi connectivity index (χ3n) is 3.70. The molecular weight excluding hydrogens is 414 g/mol. The topological polar surface area (TPSA) is 66.2 Å². The molecule has 0 radical (unpaired) electrons. The van der Waals surface area contributed by atoms with Gasteiger partial charge in [0.1, 0.15) is 12.4 Å². The molecule has 142 valence electrons. The number of esters is 1. The Morgan fingerprint density at radius 1 is 1.31 bits per heavy atom. The van der Waals surface area contributed by atoms with Gasteiger partial charge in [-0.3, -0.25) is 4.98 Å². The van der Waals surface area contributed by atoms with Crippen LogP contribution >= 0.6 is 15.9 Å². The summed E-state index contributed by atoms with van der Waals surface area (Å²) in [6.07, 6.45) is 0. The summed E-state index contributed by atoms with van der Waals surface area (Å²) in [5.41, 5.74) is 2.53. The highest BCUT2D eigenvalue weighted by atomic mass is 79.9. The monoisotopic (exact) mass is 439 g/mol. The molecule has 0 bridgehead atoms. The Hall–Kier alpha value is -1.51. The molecule has 2 aromatic rings. The molecule has 0 atom stereocenters. The summed E-state index contributed by atoms with van der Waals surface area (Å²) >= 11 is 3.50. The average molecular weight is 440 g/mol. The summed E-state index contributed by atoms with van der Waals surface area (Å²) in [5, 5.41) is 4.55. The van der Waals surface area contributed by atoms with Gasteiger partial charge in [0.25, 0.3) is 0 Å². The molecule has 0 spiro atoms. The van der Waals surface area contributed by atoms with Crippen LogP contribution in [-0.4, -0.2) is 42.0 Å². The van der Waals surface area contributed by atoms with Gasteiger partial charge in [-0.25, -0.2) is 9.48 Å². The molecule has 8 heteroatoms. The van der Waals surface area contributed by atoms with Crippen LogP contribution in [0.1, 0.15) is 23.1 Å². The molecule has 0 fully saturated rings. The maximum Gasteiger partial charge on any atom is 0.357 e. The van der Waals surface area contributed by atoms with Gasteiger partial charge in [0.15, 0.2) is 5.69 Å². The number of hydrogen-bond acceptors (Lipinski definition) is 5. The molecule has 0 amide bonds. The zero-order chi connectivity index (χ0) is 19.3. The maximum absolute atomic E-state index is 12.4. The summed E-state index contributed by atoms with van der Waals surface area (Å²) in [6.45, 7) is 11.7. The largest absolute Gasteiger partial charge is 0.461 e. The lowest BCUT2D eigenvalue weighted by Crippen LogP contribution is -2.22. The van der Waals surface area contributed by atoms with E-state index >= 15 is 0 Å². The van der Waals surface area contributed by atoms with E-state index in [1.807, 2.05) is 25.1 Å². The normalized spacial score (nSPS) is 11.6. The number of carbonyl (C=O) groups is 1. The fraction of sp³-hybridized carbons (Fsp3) is 0.500. The van der Waals surface area contributed by atoms with Gasteiger partial charge < -0.3 is 9.47 Å². The fourth-order valence-corrected chi connectivity index (χ4v) is 3.70. The van der Waals surface area contributed by atoms with E-state index in [0.29, 0.717) is 34.8 Å². The van der Waals surface area contributed by atoms with Crippen LogP contribution in [0.4, 0.5) is 0 Å². The quantitative estimate of drug-likeness (QED) is 0.343. The van der Waals surface area contributed by atoms with Crippen molar-refractivity contribution < 1.29 is 14.3 Å². The lowest BCUT2D eigenvalue weighted by atomic mass is 10.2. The van der Waals surface area contributed by atoms with E-state index in [9.17, 15) is 4.79 Å². The van der Waals surface area contributed by atoms with Crippen molar-refractivity contribution in [3.63, 3.8) is 0 Å². The number of rotatable bonds is 8. The third-order valence-corrected chi connectivity index (χ3v) is 6.16. The van der Waals surface area contributed by atoms with Crippen molar-refractivity contribution >= 4 is 30.0 Å². The van der Waals surface area contributed by atoms with Gasteiger partial charge in [-0.15, -0.1) is 0 Å². The van der Waals surface area contributed by atoms with Crippen molar-refractivity contribution in [3.05, 3.63) is 34.1 Å². The first-order valence-electron chi connectivity index (χ1n) is 8.68. The maximum atomic E-state index is 12.4. The number of carbonyl (C=O) groups excluding carboxylic acids is 1. The van der Waals surface area contributed by atoms with E-state index in [4.69, 9.17) is 9.47 Å². The summed E-state index contributed by atoms with van der Waals surface area (Å²) in [7, 11) is -1.17. The van der Waals surface area contributed by atoms with Crippen LogP contribution in [0.25, 0.3) is 11.4 Å². The average Bonchev–Trinajstić information content (AvgIpc) is 2.87. The van der Waals surface area contributed by atoms with Crippen molar-refractivity contribution in [1.82, 2.24) is 14.8 Å². The zero-order valence-corrected chi connectivity index (χ0v) is 18.6. The first-order chi connectivity index (χ1) is 12.2. The molecule has 6 nitrogen and oxygen atoms in total. The molecule has 2 heterocycles. The Morgan fingerprint density at radius 3 is 2.65 bits per heavy atom. The highest BCUT2D eigenvalue weighted by molar-refractivity contribution is 9.10. The van der Waals surface area contributed by atoms with Gasteiger partial charge in [-0.2, -0.15) is 5.10 Å². The van der Waals surface area contributed by atoms with Gasteiger partial charge >= 0.3 is 5.97 Å².